The van der Waals surface area contributed by atoms with Crippen molar-refractivity contribution in [1.29, 1.82) is 0 Å². The molecule has 4 atom stereocenters. The van der Waals surface area contributed by atoms with E-state index in [0.29, 0.717) is 18.4 Å². The predicted molar refractivity (Wildman–Crippen MR) is 101 cm³/mol. The van der Waals surface area contributed by atoms with Crippen molar-refractivity contribution >= 4 is 11.8 Å². The van der Waals surface area contributed by atoms with Crippen LogP contribution < -0.4 is 15.8 Å². The van der Waals surface area contributed by atoms with Crippen molar-refractivity contribution in [3.8, 4) is 0 Å². The summed E-state index contributed by atoms with van der Waals surface area (Å²) in [6.07, 6.45) is -3.37. The molecule has 1 aromatic heterocycles. The maximum absolute atomic E-state index is 13.7. The molecule has 0 amide bonds. The van der Waals surface area contributed by atoms with Crippen molar-refractivity contribution in [3.05, 3.63) is 16.4 Å². The van der Waals surface area contributed by atoms with E-state index in [1.807, 2.05) is 0 Å². The Morgan fingerprint density at radius 3 is 2.72 bits per heavy atom. The molecule has 0 aromatic carbocycles. The molecule has 2 aliphatic heterocycles. The van der Waals surface area contributed by atoms with Gasteiger partial charge in [0.25, 0.3) is 5.56 Å². The molecule has 1 saturated carbocycles. The summed E-state index contributed by atoms with van der Waals surface area (Å²) >= 11 is 0. The second kappa shape index (κ2) is 7.16. The summed E-state index contributed by atoms with van der Waals surface area (Å²) in [5.74, 6) is 1.40. The van der Waals surface area contributed by atoms with Crippen molar-refractivity contribution in [3.63, 3.8) is 0 Å². The summed E-state index contributed by atoms with van der Waals surface area (Å²) in [7, 11) is 0. The summed E-state index contributed by atoms with van der Waals surface area (Å²) in [6.45, 7) is 4.22. The maximum atomic E-state index is 13.7. The zero-order chi connectivity index (χ0) is 21.0. The molecule has 1 saturated heterocycles. The van der Waals surface area contributed by atoms with Crippen LogP contribution in [0.5, 0.6) is 0 Å². The Morgan fingerprint density at radius 1 is 1.38 bits per heavy atom. The molecule has 29 heavy (non-hydrogen) atoms. The highest BCUT2D eigenvalue weighted by Crippen LogP contribution is 2.47. The third-order valence-electron chi connectivity index (χ3n) is 6.05. The molecule has 0 bridgehead atoms. The van der Waals surface area contributed by atoms with Gasteiger partial charge in [-0.25, -0.2) is 0 Å². The Bertz CT molecular complexity index is 820. The minimum atomic E-state index is -4.45. The largest absolute Gasteiger partial charge is 0.408 e. The number of anilines is 2. The van der Waals surface area contributed by atoms with Gasteiger partial charge in [0.2, 0.25) is 5.95 Å². The zero-order valence-electron chi connectivity index (χ0n) is 16.6. The average Bonchev–Trinajstić information content (AvgIpc) is 3.28. The van der Waals surface area contributed by atoms with Crippen LogP contribution in [0.25, 0.3) is 0 Å². The number of ether oxygens (including phenoxy) is 1. The first-order valence-corrected chi connectivity index (χ1v) is 10.1. The molecule has 2 fully saturated rings. The number of hydrogen-bond donors (Lipinski definition) is 2. The highest BCUT2D eigenvalue weighted by molar-refractivity contribution is 5.45. The highest BCUT2D eigenvalue weighted by atomic mass is 19.4. The topological polar surface area (TPSA) is 79.6 Å². The molecular weight excluding hydrogens is 389 g/mol. The summed E-state index contributed by atoms with van der Waals surface area (Å²) in [4.78, 5) is 18.0. The SMILES string of the molecule is CC(C)(O)CCN1c2nc(NCC3OCC4CC43)cc(=O)n2CCC1C(F)(F)F. The maximum Gasteiger partial charge on any atom is 0.408 e. The van der Waals surface area contributed by atoms with Crippen LogP contribution in [-0.4, -0.2) is 58.3 Å². The molecule has 2 N–H and O–H groups in total. The summed E-state index contributed by atoms with van der Waals surface area (Å²) in [5.41, 5.74) is -1.52. The second-order valence-electron chi connectivity index (χ2n) is 8.95. The smallest absolute Gasteiger partial charge is 0.390 e. The Kier molecular flexibility index (Phi) is 5.05. The highest BCUT2D eigenvalue weighted by Gasteiger charge is 2.49. The molecular formula is C19H27F3N4O3. The standard InChI is InChI=1S/C19H27F3N4O3/c1-18(2,28)4-6-25-14(19(20,21)22)3-5-26-16(27)8-15(24-17(25)26)23-9-13-12-7-11(12)10-29-13/h8,11-14,23,28H,3-7,9-10H2,1-2H3. The second-order valence-corrected chi connectivity index (χ2v) is 8.95. The molecule has 10 heteroatoms. The van der Waals surface area contributed by atoms with E-state index in [-0.39, 0.29) is 49.4 Å². The van der Waals surface area contributed by atoms with Crippen molar-refractivity contribution in [1.82, 2.24) is 9.55 Å². The first-order valence-electron chi connectivity index (χ1n) is 10.1. The fraction of sp³-hybridized carbons (Fsp3) is 0.789. The lowest BCUT2D eigenvalue weighted by atomic mass is 10.0. The van der Waals surface area contributed by atoms with E-state index in [1.54, 1.807) is 13.8 Å². The van der Waals surface area contributed by atoms with Gasteiger partial charge in [0.15, 0.2) is 0 Å². The van der Waals surface area contributed by atoms with Gasteiger partial charge in [0.05, 0.1) is 18.3 Å². The molecule has 4 unspecified atom stereocenters. The quantitative estimate of drug-likeness (QED) is 0.739. The number of aromatic nitrogens is 2. The van der Waals surface area contributed by atoms with Gasteiger partial charge < -0.3 is 20.1 Å². The molecule has 3 heterocycles. The molecule has 0 radical (unpaired) electrons. The van der Waals surface area contributed by atoms with Crippen molar-refractivity contribution in [2.45, 2.75) is 63.6 Å². The molecule has 1 aromatic rings. The van der Waals surface area contributed by atoms with Crippen molar-refractivity contribution in [2.24, 2.45) is 11.8 Å². The Balaban J connectivity index is 1.58. The van der Waals surface area contributed by atoms with Gasteiger partial charge in [-0.2, -0.15) is 18.2 Å². The van der Waals surface area contributed by atoms with Gasteiger partial charge >= 0.3 is 6.18 Å². The van der Waals surface area contributed by atoms with Crippen LogP contribution in [0.15, 0.2) is 10.9 Å². The number of rotatable bonds is 6. The lowest BCUT2D eigenvalue weighted by Crippen LogP contribution is -2.53. The van der Waals surface area contributed by atoms with Gasteiger partial charge in [-0.05, 0) is 44.9 Å². The predicted octanol–water partition coefficient (Wildman–Crippen LogP) is 1.99. The van der Waals surface area contributed by atoms with E-state index in [2.05, 4.69) is 10.3 Å². The van der Waals surface area contributed by atoms with E-state index in [1.165, 1.54) is 10.6 Å². The summed E-state index contributed by atoms with van der Waals surface area (Å²) < 4.78 is 47.9. The molecule has 1 aliphatic carbocycles. The number of nitrogens with zero attached hydrogens (tertiary/aromatic N) is 3. The Labute approximate surface area is 166 Å². The minimum absolute atomic E-state index is 0.00513. The molecule has 0 spiro atoms. The molecule has 162 valence electrons. The zero-order valence-corrected chi connectivity index (χ0v) is 16.6. The first-order chi connectivity index (χ1) is 13.5. The van der Waals surface area contributed by atoms with Crippen molar-refractivity contribution < 1.29 is 23.0 Å². The molecule has 4 rings (SSSR count). The van der Waals surface area contributed by atoms with Crippen LogP contribution in [0.3, 0.4) is 0 Å². The van der Waals surface area contributed by atoms with Gasteiger partial charge in [0, 0.05) is 25.7 Å². The van der Waals surface area contributed by atoms with E-state index in [9.17, 15) is 23.1 Å². The van der Waals surface area contributed by atoms with Crippen LogP contribution in [-0.2, 0) is 11.3 Å². The van der Waals surface area contributed by atoms with Crippen LogP contribution in [0.1, 0.15) is 33.1 Å². The van der Waals surface area contributed by atoms with Crippen LogP contribution in [0, 0.1) is 11.8 Å². The van der Waals surface area contributed by atoms with Gasteiger partial charge in [-0.3, -0.25) is 9.36 Å². The summed E-state index contributed by atoms with van der Waals surface area (Å²) in [5, 5.41) is 13.1. The molecule has 3 aliphatic rings. The number of alkyl halides is 3. The van der Waals surface area contributed by atoms with E-state index >= 15 is 0 Å². The Morgan fingerprint density at radius 2 is 2.14 bits per heavy atom. The normalized spacial score (nSPS) is 28.8. The van der Waals surface area contributed by atoms with Crippen molar-refractivity contribution in [2.75, 3.05) is 29.9 Å². The lowest BCUT2D eigenvalue weighted by Gasteiger charge is -2.40. The fourth-order valence-corrected chi connectivity index (χ4v) is 4.25. The lowest BCUT2D eigenvalue weighted by molar-refractivity contribution is -0.153. The third kappa shape index (κ3) is 4.37. The van der Waals surface area contributed by atoms with Crippen LogP contribution >= 0.6 is 0 Å². The summed E-state index contributed by atoms with van der Waals surface area (Å²) in [6, 6.07) is -0.414. The van der Waals surface area contributed by atoms with Crippen LogP contribution in [0.2, 0.25) is 0 Å². The van der Waals surface area contributed by atoms with E-state index in [4.69, 9.17) is 4.74 Å². The number of hydrogen-bond acceptors (Lipinski definition) is 6. The Hall–Kier alpha value is -1.81. The first kappa shape index (κ1) is 20.5. The minimum Gasteiger partial charge on any atom is -0.390 e. The fourth-order valence-electron chi connectivity index (χ4n) is 4.25. The third-order valence-corrected chi connectivity index (χ3v) is 6.05. The monoisotopic (exact) mass is 416 g/mol. The number of nitrogens with one attached hydrogen (secondary N) is 1. The van der Waals surface area contributed by atoms with Gasteiger partial charge in [-0.15, -0.1) is 0 Å². The average molecular weight is 416 g/mol. The van der Waals surface area contributed by atoms with Crippen LogP contribution in [0.4, 0.5) is 24.9 Å². The number of aliphatic hydroxyl groups is 1. The molecule has 7 nitrogen and oxygen atoms in total. The van der Waals surface area contributed by atoms with E-state index in [0.717, 1.165) is 17.9 Å². The number of halogens is 3. The number of fused-ring (bicyclic) bond motifs is 2. The van der Waals surface area contributed by atoms with Gasteiger partial charge in [-0.1, -0.05) is 0 Å². The van der Waals surface area contributed by atoms with E-state index < -0.39 is 17.8 Å². The van der Waals surface area contributed by atoms with Gasteiger partial charge in [0.1, 0.15) is 11.9 Å².